The average Bonchev–Trinajstić information content (AvgIpc) is 3.16. The number of carbonyl (C=O) groups is 1. The van der Waals surface area contributed by atoms with Crippen molar-refractivity contribution in [2.24, 2.45) is 5.92 Å². The molecule has 4 nitrogen and oxygen atoms in total. The third kappa shape index (κ3) is 2.94. The van der Waals surface area contributed by atoms with Crippen LogP contribution in [0.3, 0.4) is 0 Å². The van der Waals surface area contributed by atoms with Crippen molar-refractivity contribution < 1.29 is 9.53 Å². The van der Waals surface area contributed by atoms with Crippen molar-refractivity contribution in [2.75, 3.05) is 17.7 Å². The molecule has 0 spiro atoms. The summed E-state index contributed by atoms with van der Waals surface area (Å²) < 4.78 is 4.94. The highest BCUT2D eigenvalue weighted by Gasteiger charge is 2.28. The molecule has 1 fully saturated rings. The highest BCUT2D eigenvalue weighted by Crippen LogP contribution is 2.34. The Morgan fingerprint density at radius 1 is 1.56 bits per heavy atom. The summed E-state index contributed by atoms with van der Waals surface area (Å²) in [6, 6.07) is 5.69. The van der Waals surface area contributed by atoms with Crippen molar-refractivity contribution in [2.45, 2.75) is 32.7 Å². The first-order valence-corrected chi connectivity index (χ1v) is 6.45. The van der Waals surface area contributed by atoms with E-state index in [1.807, 2.05) is 6.07 Å². The molecular weight excluding hydrogens is 228 g/mol. The third-order valence-corrected chi connectivity index (χ3v) is 3.27. The fraction of sp³-hybridized carbons (Fsp3) is 0.500. The average molecular weight is 248 g/mol. The van der Waals surface area contributed by atoms with Gasteiger partial charge in [0.1, 0.15) is 0 Å². The molecule has 0 aromatic heterocycles. The lowest BCUT2D eigenvalue weighted by molar-refractivity contribution is 0.0526. The Bertz CT molecular complexity index is 441. The smallest absolute Gasteiger partial charge is 0.338 e. The van der Waals surface area contributed by atoms with Crippen molar-refractivity contribution >= 4 is 17.3 Å². The molecule has 3 N–H and O–H groups in total. The summed E-state index contributed by atoms with van der Waals surface area (Å²) in [5.74, 6) is 0.431. The van der Waals surface area contributed by atoms with Crippen LogP contribution in [-0.4, -0.2) is 18.6 Å². The highest BCUT2D eigenvalue weighted by atomic mass is 16.5. The minimum atomic E-state index is -0.328. The predicted octanol–water partition coefficient (Wildman–Crippen LogP) is 2.66. The van der Waals surface area contributed by atoms with E-state index in [-0.39, 0.29) is 5.97 Å². The minimum absolute atomic E-state index is 0.328. The summed E-state index contributed by atoms with van der Waals surface area (Å²) >= 11 is 0. The van der Waals surface area contributed by atoms with E-state index in [1.54, 1.807) is 19.1 Å². The van der Waals surface area contributed by atoms with Crippen LogP contribution in [-0.2, 0) is 4.74 Å². The van der Waals surface area contributed by atoms with Gasteiger partial charge < -0.3 is 15.8 Å². The molecule has 0 heterocycles. The van der Waals surface area contributed by atoms with E-state index in [0.29, 0.717) is 23.9 Å². The maximum absolute atomic E-state index is 11.6. The molecule has 1 aromatic carbocycles. The monoisotopic (exact) mass is 248 g/mol. The number of esters is 1. The molecule has 0 saturated heterocycles. The molecule has 1 atom stereocenters. The molecule has 2 rings (SSSR count). The molecule has 0 aliphatic heterocycles. The van der Waals surface area contributed by atoms with E-state index in [9.17, 15) is 4.79 Å². The lowest BCUT2D eigenvalue weighted by Crippen LogP contribution is -2.18. The van der Waals surface area contributed by atoms with Crippen LogP contribution in [0, 0.1) is 5.92 Å². The first kappa shape index (κ1) is 12.7. The van der Waals surface area contributed by atoms with Crippen molar-refractivity contribution in [1.82, 2.24) is 0 Å². The second-order valence-electron chi connectivity index (χ2n) is 4.79. The van der Waals surface area contributed by atoms with Gasteiger partial charge in [0, 0.05) is 6.04 Å². The van der Waals surface area contributed by atoms with Crippen LogP contribution < -0.4 is 11.1 Å². The molecule has 1 aliphatic carbocycles. The summed E-state index contributed by atoms with van der Waals surface area (Å²) in [5.41, 5.74) is 7.93. The number of nitrogen functional groups attached to an aromatic ring is 1. The summed E-state index contributed by atoms with van der Waals surface area (Å²) in [6.07, 6.45) is 2.57. The quantitative estimate of drug-likeness (QED) is 0.621. The van der Waals surface area contributed by atoms with Gasteiger partial charge in [-0.25, -0.2) is 4.79 Å². The topological polar surface area (TPSA) is 64.3 Å². The number of rotatable bonds is 5. The molecule has 1 saturated carbocycles. The number of benzene rings is 1. The fourth-order valence-electron chi connectivity index (χ4n) is 1.99. The largest absolute Gasteiger partial charge is 0.462 e. The summed E-state index contributed by atoms with van der Waals surface area (Å²) in [4.78, 5) is 11.6. The zero-order valence-electron chi connectivity index (χ0n) is 10.9. The van der Waals surface area contributed by atoms with E-state index in [4.69, 9.17) is 10.5 Å². The van der Waals surface area contributed by atoms with E-state index in [2.05, 4.69) is 12.2 Å². The fourth-order valence-corrected chi connectivity index (χ4v) is 1.99. The van der Waals surface area contributed by atoms with Crippen LogP contribution >= 0.6 is 0 Å². The molecule has 0 bridgehead atoms. The second kappa shape index (κ2) is 5.29. The van der Waals surface area contributed by atoms with Crippen molar-refractivity contribution in [3.05, 3.63) is 23.8 Å². The lowest BCUT2D eigenvalue weighted by atomic mass is 10.1. The van der Waals surface area contributed by atoms with Gasteiger partial charge in [-0.05, 0) is 50.8 Å². The van der Waals surface area contributed by atoms with Crippen LogP contribution in [0.2, 0.25) is 0 Å². The van der Waals surface area contributed by atoms with Gasteiger partial charge in [0.25, 0.3) is 0 Å². The maximum Gasteiger partial charge on any atom is 0.338 e. The standard InChI is InChI=1S/C14H20N2O2/c1-3-18-14(17)11-6-7-13(12(15)8-11)16-9(2)10-4-5-10/h6-10,16H,3-5,15H2,1-2H3. The first-order valence-electron chi connectivity index (χ1n) is 6.45. The minimum Gasteiger partial charge on any atom is -0.462 e. The highest BCUT2D eigenvalue weighted by molar-refractivity contribution is 5.91. The van der Waals surface area contributed by atoms with Gasteiger partial charge in [0.2, 0.25) is 0 Å². The molecular formula is C14H20N2O2. The van der Waals surface area contributed by atoms with Gasteiger partial charge in [-0.15, -0.1) is 0 Å². The van der Waals surface area contributed by atoms with Crippen molar-refractivity contribution in [3.63, 3.8) is 0 Å². The number of nitrogens with one attached hydrogen (secondary N) is 1. The molecule has 98 valence electrons. The van der Waals surface area contributed by atoms with Crippen LogP contribution in [0.5, 0.6) is 0 Å². The summed E-state index contributed by atoms with van der Waals surface area (Å²) in [6.45, 7) is 4.32. The van der Waals surface area contributed by atoms with E-state index >= 15 is 0 Å². The molecule has 1 unspecified atom stereocenters. The molecule has 1 aromatic rings. The van der Waals surface area contributed by atoms with E-state index < -0.39 is 0 Å². The van der Waals surface area contributed by atoms with Crippen molar-refractivity contribution in [3.8, 4) is 0 Å². The third-order valence-electron chi connectivity index (χ3n) is 3.27. The Kier molecular flexibility index (Phi) is 3.75. The zero-order chi connectivity index (χ0) is 13.1. The lowest BCUT2D eigenvalue weighted by Gasteiger charge is -2.16. The molecule has 4 heteroatoms. The Hall–Kier alpha value is -1.71. The number of ether oxygens (including phenoxy) is 1. The van der Waals surface area contributed by atoms with Gasteiger partial charge in [-0.1, -0.05) is 0 Å². The zero-order valence-corrected chi connectivity index (χ0v) is 10.9. The summed E-state index contributed by atoms with van der Waals surface area (Å²) in [5, 5.41) is 3.39. The normalized spacial score (nSPS) is 16.1. The van der Waals surface area contributed by atoms with Gasteiger partial charge in [-0.2, -0.15) is 0 Å². The van der Waals surface area contributed by atoms with E-state index in [0.717, 1.165) is 11.6 Å². The molecule has 0 amide bonds. The van der Waals surface area contributed by atoms with Crippen LogP contribution in [0.1, 0.15) is 37.0 Å². The van der Waals surface area contributed by atoms with Crippen LogP contribution in [0.25, 0.3) is 0 Å². The molecule has 0 radical (unpaired) electrons. The van der Waals surface area contributed by atoms with Crippen LogP contribution in [0.15, 0.2) is 18.2 Å². The number of nitrogens with two attached hydrogens (primary N) is 1. The van der Waals surface area contributed by atoms with Gasteiger partial charge in [0.05, 0.1) is 23.5 Å². The Labute approximate surface area is 108 Å². The van der Waals surface area contributed by atoms with Gasteiger partial charge >= 0.3 is 5.97 Å². The Morgan fingerprint density at radius 2 is 2.28 bits per heavy atom. The van der Waals surface area contributed by atoms with Gasteiger partial charge in [-0.3, -0.25) is 0 Å². The van der Waals surface area contributed by atoms with Gasteiger partial charge in [0.15, 0.2) is 0 Å². The number of hydrogen-bond acceptors (Lipinski definition) is 4. The Morgan fingerprint density at radius 3 is 2.83 bits per heavy atom. The second-order valence-corrected chi connectivity index (χ2v) is 4.79. The number of anilines is 2. The first-order chi connectivity index (χ1) is 8.61. The van der Waals surface area contributed by atoms with E-state index in [1.165, 1.54) is 12.8 Å². The summed E-state index contributed by atoms with van der Waals surface area (Å²) in [7, 11) is 0. The number of carbonyl (C=O) groups excluding carboxylic acids is 1. The number of hydrogen-bond donors (Lipinski definition) is 2. The van der Waals surface area contributed by atoms with Crippen molar-refractivity contribution in [1.29, 1.82) is 0 Å². The predicted molar refractivity (Wildman–Crippen MR) is 72.6 cm³/mol. The molecule has 18 heavy (non-hydrogen) atoms. The molecule has 1 aliphatic rings. The SMILES string of the molecule is CCOC(=O)c1ccc(NC(C)C2CC2)c(N)c1. The van der Waals surface area contributed by atoms with Crippen LogP contribution in [0.4, 0.5) is 11.4 Å². The Balaban J connectivity index is 2.06. The maximum atomic E-state index is 11.6.